The van der Waals surface area contributed by atoms with Gasteiger partial charge in [0.1, 0.15) is 6.17 Å². The van der Waals surface area contributed by atoms with Crippen molar-refractivity contribution < 1.29 is 8.91 Å². The Morgan fingerprint density at radius 2 is 2.47 bits per heavy atom. The lowest BCUT2D eigenvalue weighted by atomic mass is 10.2. The number of hydrogen-bond donors (Lipinski definition) is 1. The number of aryl methyl sites for hydroxylation is 1. The number of aromatic nitrogens is 2. The highest BCUT2D eigenvalue weighted by Gasteiger charge is 2.31. The van der Waals surface area contributed by atoms with Gasteiger partial charge < -0.3 is 10.3 Å². The first-order valence-corrected chi connectivity index (χ1v) is 5.06. The first kappa shape index (κ1) is 10.5. The fourth-order valence-electron chi connectivity index (χ4n) is 1.95. The molecule has 0 aromatic carbocycles. The predicted molar refractivity (Wildman–Crippen MR) is 51.8 cm³/mol. The summed E-state index contributed by atoms with van der Waals surface area (Å²) < 4.78 is 18.0. The van der Waals surface area contributed by atoms with Gasteiger partial charge in [-0.15, -0.1) is 0 Å². The molecule has 1 aliphatic heterocycles. The Balaban J connectivity index is 1.99. The highest BCUT2D eigenvalue weighted by molar-refractivity contribution is 4.91. The van der Waals surface area contributed by atoms with E-state index in [-0.39, 0.29) is 6.04 Å². The quantitative estimate of drug-likeness (QED) is 0.781. The second kappa shape index (κ2) is 4.24. The number of alkyl halides is 1. The van der Waals surface area contributed by atoms with Gasteiger partial charge in [-0.2, -0.15) is 4.98 Å². The summed E-state index contributed by atoms with van der Waals surface area (Å²) in [6, 6.07) is 0.0961. The Morgan fingerprint density at radius 1 is 1.67 bits per heavy atom. The summed E-state index contributed by atoms with van der Waals surface area (Å²) in [6.07, 6.45) is -0.278. The van der Waals surface area contributed by atoms with E-state index < -0.39 is 6.17 Å². The van der Waals surface area contributed by atoms with E-state index in [2.05, 4.69) is 10.1 Å². The Morgan fingerprint density at radius 3 is 3.07 bits per heavy atom. The minimum atomic E-state index is -0.786. The van der Waals surface area contributed by atoms with Crippen LogP contribution in [0, 0.1) is 6.92 Å². The number of likely N-dealkylation sites (tertiary alicyclic amines) is 1. The summed E-state index contributed by atoms with van der Waals surface area (Å²) in [5.41, 5.74) is 5.57. The lowest BCUT2D eigenvalue weighted by Crippen LogP contribution is -2.35. The van der Waals surface area contributed by atoms with Crippen LogP contribution in [0.5, 0.6) is 0 Å². The molecule has 2 unspecified atom stereocenters. The first-order valence-electron chi connectivity index (χ1n) is 5.06. The van der Waals surface area contributed by atoms with Gasteiger partial charge in [0, 0.05) is 26.1 Å². The third-order valence-electron chi connectivity index (χ3n) is 2.66. The zero-order valence-corrected chi connectivity index (χ0v) is 8.69. The van der Waals surface area contributed by atoms with Gasteiger partial charge >= 0.3 is 0 Å². The predicted octanol–water partition coefficient (Wildman–Crippen LogP) is 0.249. The monoisotopic (exact) mass is 214 g/mol. The molecule has 0 amide bonds. The fraction of sp³-hybridized carbons (Fsp3) is 0.778. The van der Waals surface area contributed by atoms with Crippen LogP contribution >= 0.6 is 0 Å². The zero-order chi connectivity index (χ0) is 10.8. The maximum atomic E-state index is 13.2. The SMILES string of the molecule is Cc1nc(CN2CC(F)CC2CN)no1. The van der Waals surface area contributed by atoms with Gasteiger partial charge in [-0.3, -0.25) is 4.90 Å². The number of hydrogen-bond acceptors (Lipinski definition) is 5. The van der Waals surface area contributed by atoms with Crippen LogP contribution < -0.4 is 5.73 Å². The standard InChI is InChI=1S/C9H15FN4O/c1-6-12-9(13-15-6)5-14-4-7(10)2-8(14)3-11/h7-8H,2-5,11H2,1H3. The van der Waals surface area contributed by atoms with Gasteiger partial charge in [0.2, 0.25) is 5.89 Å². The summed E-state index contributed by atoms with van der Waals surface area (Å²) in [5, 5.41) is 3.78. The number of nitrogens with zero attached hydrogens (tertiary/aromatic N) is 3. The molecule has 84 valence electrons. The molecule has 2 N–H and O–H groups in total. The normalized spacial score (nSPS) is 27.4. The third-order valence-corrected chi connectivity index (χ3v) is 2.66. The molecule has 0 radical (unpaired) electrons. The molecule has 0 spiro atoms. The molecular formula is C9H15FN4O. The molecule has 15 heavy (non-hydrogen) atoms. The zero-order valence-electron chi connectivity index (χ0n) is 8.69. The van der Waals surface area contributed by atoms with Crippen LogP contribution in [0.15, 0.2) is 4.52 Å². The van der Waals surface area contributed by atoms with Gasteiger partial charge in [0.05, 0.1) is 6.54 Å². The molecule has 1 aliphatic rings. The van der Waals surface area contributed by atoms with Gasteiger partial charge in [-0.1, -0.05) is 5.16 Å². The molecular weight excluding hydrogens is 199 g/mol. The van der Waals surface area contributed by atoms with Crippen LogP contribution in [0.3, 0.4) is 0 Å². The Labute approximate surface area is 87.4 Å². The molecule has 2 heterocycles. The minimum Gasteiger partial charge on any atom is -0.340 e. The molecule has 0 bridgehead atoms. The Bertz CT molecular complexity index is 330. The van der Waals surface area contributed by atoms with E-state index in [9.17, 15) is 4.39 Å². The number of halogens is 1. The highest BCUT2D eigenvalue weighted by Crippen LogP contribution is 2.21. The maximum Gasteiger partial charge on any atom is 0.223 e. The van der Waals surface area contributed by atoms with Gasteiger partial charge in [0.25, 0.3) is 0 Å². The van der Waals surface area contributed by atoms with Crippen molar-refractivity contribution in [2.45, 2.75) is 32.1 Å². The first-order chi connectivity index (χ1) is 7.19. The van der Waals surface area contributed by atoms with Crippen molar-refractivity contribution in [3.05, 3.63) is 11.7 Å². The van der Waals surface area contributed by atoms with Crippen LogP contribution in [0.1, 0.15) is 18.1 Å². The van der Waals surface area contributed by atoms with E-state index in [4.69, 9.17) is 10.3 Å². The van der Waals surface area contributed by atoms with Gasteiger partial charge in [0.15, 0.2) is 5.82 Å². The molecule has 1 aromatic rings. The highest BCUT2D eigenvalue weighted by atomic mass is 19.1. The number of rotatable bonds is 3. The molecule has 1 fully saturated rings. The average molecular weight is 214 g/mol. The molecule has 6 heteroatoms. The smallest absolute Gasteiger partial charge is 0.223 e. The van der Waals surface area contributed by atoms with Crippen molar-refractivity contribution in [3.8, 4) is 0 Å². The molecule has 0 saturated carbocycles. The largest absolute Gasteiger partial charge is 0.340 e. The van der Waals surface area contributed by atoms with Gasteiger partial charge in [-0.25, -0.2) is 4.39 Å². The fourth-order valence-corrected chi connectivity index (χ4v) is 1.95. The van der Waals surface area contributed by atoms with E-state index in [0.29, 0.717) is 37.8 Å². The summed E-state index contributed by atoms with van der Waals surface area (Å²) in [5.74, 6) is 1.13. The maximum absolute atomic E-state index is 13.2. The Hall–Kier alpha value is -1.01. The van der Waals surface area contributed by atoms with E-state index >= 15 is 0 Å². The van der Waals surface area contributed by atoms with Crippen LogP contribution in [-0.2, 0) is 6.54 Å². The average Bonchev–Trinajstić information content (AvgIpc) is 2.73. The van der Waals surface area contributed by atoms with Crippen molar-refractivity contribution in [1.82, 2.24) is 15.0 Å². The van der Waals surface area contributed by atoms with E-state index in [1.165, 1.54) is 0 Å². The van der Waals surface area contributed by atoms with Crippen LogP contribution in [-0.4, -0.2) is 40.3 Å². The second-order valence-electron chi connectivity index (χ2n) is 3.88. The van der Waals surface area contributed by atoms with Crippen LogP contribution in [0.25, 0.3) is 0 Å². The van der Waals surface area contributed by atoms with E-state index in [1.807, 2.05) is 4.90 Å². The lowest BCUT2D eigenvalue weighted by molar-refractivity contribution is 0.229. The van der Waals surface area contributed by atoms with Crippen molar-refractivity contribution >= 4 is 0 Å². The topological polar surface area (TPSA) is 68.2 Å². The van der Waals surface area contributed by atoms with E-state index in [0.717, 1.165) is 0 Å². The Kier molecular flexibility index (Phi) is 2.97. The van der Waals surface area contributed by atoms with Crippen molar-refractivity contribution in [1.29, 1.82) is 0 Å². The molecule has 1 saturated heterocycles. The van der Waals surface area contributed by atoms with Crippen molar-refractivity contribution in [2.24, 2.45) is 5.73 Å². The van der Waals surface area contributed by atoms with Gasteiger partial charge in [-0.05, 0) is 6.42 Å². The minimum absolute atomic E-state index is 0.0961. The summed E-state index contributed by atoms with van der Waals surface area (Å²) in [7, 11) is 0. The molecule has 2 rings (SSSR count). The summed E-state index contributed by atoms with van der Waals surface area (Å²) in [4.78, 5) is 6.05. The van der Waals surface area contributed by atoms with Crippen LogP contribution in [0.2, 0.25) is 0 Å². The van der Waals surface area contributed by atoms with E-state index in [1.54, 1.807) is 6.92 Å². The van der Waals surface area contributed by atoms with Crippen LogP contribution in [0.4, 0.5) is 4.39 Å². The van der Waals surface area contributed by atoms with Crippen molar-refractivity contribution in [3.63, 3.8) is 0 Å². The molecule has 0 aliphatic carbocycles. The molecule has 1 aromatic heterocycles. The molecule has 5 nitrogen and oxygen atoms in total. The second-order valence-corrected chi connectivity index (χ2v) is 3.88. The number of nitrogens with two attached hydrogens (primary N) is 1. The summed E-state index contributed by atoms with van der Waals surface area (Å²) in [6.45, 7) is 3.13. The third kappa shape index (κ3) is 2.32. The van der Waals surface area contributed by atoms with Crippen molar-refractivity contribution in [2.75, 3.05) is 13.1 Å². The molecule has 2 atom stereocenters. The lowest BCUT2D eigenvalue weighted by Gasteiger charge is -2.20. The summed E-state index contributed by atoms with van der Waals surface area (Å²) >= 11 is 0.